The van der Waals surface area contributed by atoms with Gasteiger partial charge in [-0.25, -0.2) is 9.78 Å². The van der Waals surface area contributed by atoms with Gasteiger partial charge in [0.05, 0.1) is 6.61 Å². The zero-order valence-corrected chi connectivity index (χ0v) is 13.0. The number of hydrogen-bond donors (Lipinski definition) is 0. The number of rotatable bonds is 3. The molecule has 0 N–H and O–H groups in total. The second kappa shape index (κ2) is 6.13. The van der Waals surface area contributed by atoms with E-state index in [1.807, 2.05) is 4.90 Å². The van der Waals surface area contributed by atoms with E-state index in [0.29, 0.717) is 24.3 Å². The zero-order valence-electron chi connectivity index (χ0n) is 12.2. The Bertz CT molecular complexity index is 543. The summed E-state index contributed by atoms with van der Waals surface area (Å²) in [7, 11) is 0. The lowest BCUT2D eigenvalue weighted by atomic mass is 9.85. The van der Waals surface area contributed by atoms with Gasteiger partial charge in [0.15, 0.2) is 0 Å². The minimum atomic E-state index is -0.446. The SMILES string of the molecule is CCOC(=O)c1nc(C(=O)N2CCC3CCCCC32)cs1. The number of carbonyl (C=O) groups is 2. The molecule has 0 radical (unpaired) electrons. The Morgan fingerprint density at radius 2 is 2.19 bits per heavy atom. The van der Waals surface area contributed by atoms with Gasteiger partial charge in [-0.3, -0.25) is 4.79 Å². The van der Waals surface area contributed by atoms with Crippen molar-refractivity contribution < 1.29 is 14.3 Å². The Morgan fingerprint density at radius 1 is 1.38 bits per heavy atom. The van der Waals surface area contributed by atoms with Crippen molar-refractivity contribution in [1.29, 1.82) is 0 Å². The summed E-state index contributed by atoms with van der Waals surface area (Å²) in [5.74, 6) is 0.181. The van der Waals surface area contributed by atoms with Crippen LogP contribution in [0.4, 0.5) is 0 Å². The molecule has 2 aliphatic rings. The largest absolute Gasteiger partial charge is 0.461 e. The highest BCUT2D eigenvalue weighted by Gasteiger charge is 2.39. The average molecular weight is 308 g/mol. The summed E-state index contributed by atoms with van der Waals surface area (Å²) >= 11 is 1.18. The Labute approximate surface area is 128 Å². The predicted octanol–water partition coefficient (Wildman–Crippen LogP) is 2.72. The maximum atomic E-state index is 12.6. The number of hydrogen-bond acceptors (Lipinski definition) is 5. The fourth-order valence-corrected chi connectivity index (χ4v) is 4.15. The maximum Gasteiger partial charge on any atom is 0.367 e. The molecule has 1 aliphatic heterocycles. The molecule has 1 aromatic heterocycles. The molecule has 2 heterocycles. The number of aromatic nitrogens is 1. The van der Waals surface area contributed by atoms with Crippen LogP contribution in [0.5, 0.6) is 0 Å². The number of amides is 1. The molecule has 2 fully saturated rings. The van der Waals surface area contributed by atoms with Crippen LogP contribution in [-0.2, 0) is 4.74 Å². The molecule has 21 heavy (non-hydrogen) atoms. The van der Waals surface area contributed by atoms with Gasteiger partial charge in [0.25, 0.3) is 5.91 Å². The number of carbonyl (C=O) groups excluding carboxylic acids is 2. The summed E-state index contributed by atoms with van der Waals surface area (Å²) in [6.45, 7) is 2.89. The molecular weight excluding hydrogens is 288 g/mol. The molecule has 0 spiro atoms. The van der Waals surface area contributed by atoms with Crippen LogP contribution in [0.2, 0.25) is 0 Å². The van der Waals surface area contributed by atoms with E-state index in [4.69, 9.17) is 4.74 Å². The quantitative estimate of drug-likeness (QED) is 0.806. The first kappa shape index (κ1) is 14.5. The topological polar surface area (TPSA) is 59.5 Å². The van der Waals surface area contributed by atoms with Gasteiger partial charge in [0.2, 0.25) is 5.01 Å². The van der Waals surface area contributed by atoms with Crippen LogP contribution in [0.15, 0.2) is 5.38 Å². The molecule has 1 amide bonds. The summed E-state index contributed by atoms with van der Waals surface area (Å²) in [4.78, 5) is 30.4. The molecule has 1 saturated heterocycles. The standard InChI is InChI=1S/C15H20N2O3S/c1-2-20-15(19)13-16-11(9-21-13)14(18)17-8-7-10-5-3-4-6-12(10)17/h9-10,12H,2-8H2,1H3. The molecule has 3 rings (SSSR count). The monoisotopic (exact) mass is 308 g/mol. The predicted molar refractivity (Wildman–Crippen MR) is 79.5 cm³/mol. The smallest absolute Gasteiger partial charge is 0.367 e. The summed E-state index contributed by atoms with van der Waals surface area (Å²) in [6.07, 6.45) is 5.93. The van der Waals surface area contributed by atoms with Crippen LogP contribution in [0.3, 0.4) is 0 Å². The van der Waals surface area contributed by atoms with Crippen molar-refractivity contribution in [3.05, 3.63) is 16.1 Å². The van der Waals surface area contributed by atoms with Crippen molar-refractivity contribution >= 4 is 23.2 Å². The first-order chi connectivity index (χ1) is 10.2. The van der Waals surface area contributed by atoms with E-state index in [1.165, 1.54) is 30.6 Å². The molecular formula is C15H20N2O3S. The molecule has 1 saturated carbocycles. The first-order valence-electron chi connectivity index (χ1n) is 7.64. The third-order valence-electron chi connectivity index (χ3n) is 4.44. The summed E-state index contributed by atoms with van der Waals surface area (Å²) in [5, 5.41) is 1.93. The Kier molecular flexibility index (Phi) is 4.24. The number of nitrogens with zero attached hydrogens (tertiary/aromatic N) is 2. The number of thiazole rings is 1. The second-order valence-electron chi connectivity index (χ2n) is 5.66. The fourth-order valence-electron chi connectivity index (χ4n) is 3.46. The number of esters is 1. The minimum Gasteiger partial charge on any atom is -0.461 e. The number of fused-ring (bicyclic) bond motifs is 1. The lowest BCUT2D eigenvalue weighted by molar-refractivity contribution is 0.0525. The van der Waals surface area contributed by atoms with Crippen LogP contribution < -0.4 is 0 Å². The van der Waals surface area contributed by atoms with Gasteiger partial charge in [0.1, 0.15) is 5.69 Å². The van der Waals surface area contributed by atoms with Gasteiger partial charge < -0.3 is 9.64 Å². The van der Waals surface area contributed by atoms with Crippen molar-refractivity contribution in [1.82, 2.24) is 9.88 Å². The lowest BCUT2D eigenvalue weighted by Crippen LogP contribution is -2.39. The van der Waals surface area contributed by atoms with Gasteiger partial charge in [0, 0.05) is 18.0 Å². The molecule has 1 aromatic rings. The number of ether oxygens (including phenoxy) is 1. The Balaban J connectivity index is 1.72. The van der Waals surface area contributed by atoms with E-state index >= 15 is 0 Å². The molecule has 2 unspecified atom stereocenters. The van der Waals surface area contributed by atoms with Gasteiger partial charge >= 0.3 is 5.97 Å². The van der Waals surface area contributed by atoms with Crippen molar-refractivity contribution in [2.75, 3.05) is 13.2 Å². The lowest BCUT2D eigenvalue weighted by Gasteiger charge is -2.31. The van der Waals surface area contributed by atoms with Crippen molar-refractivity contribution in [2.45, 2.75) is 45.1 Å². The summed E-state index contributed by atoms with van der Waals surface area (Å²) in [6, 6.07) is 0.374. The van der Waals surface area contributed by atoms with E-state index in [9.17, 15) is 9.59 Å². The first-order valence-corrected chi connectivity index (χ1v) is 8.52. The highest BCUT2D eigenvalue weighted by molar-refractivity contribution is 7.11. The summed E-state index contributed by atoms with van der Waals surface area (Å²) in [5.41, 5.74) is 0.384. The van der Waals surface area contributed by atoms with E-state index in [-0.39, 0.29) is 10.9 Å². The van der Waals surface area contributed by atoms with E-state index in [0.717, 1.165) is 19.4 Å². The second-order valence-corrected chi connectivity index (χ2v) is 6.52. The fraction of sp³-hybridized carbons (Fsp3) is 0.667. The zero-order chi connectivity index (χ0) is 14.8. The molecule has 0 bridgehead atoms. The summed E-state index contributed by atoms with van der Waals surface area (Å²) < 4.78 is 4.92. The Morgan fingerprint density at radius 3 is 3.00 bits per heavy atom. The van der Waals surface area contributed by atoms with Crippen LogP contribution in [0.25, 0.3) is 0 Å². The third kappa shape index (κ3) is 2.81. The number of likely N-dealkylation sites (tertiary alicyclic amines) is 1. The minimum absolute atomic E-state index is 0.0313. The third-order valence-corrected chi connectivity index (χ3v) is 5.27. The molecule has 114 valence electrons. The molecule has 6 heteroatoms. The van der Waals surface area contributed by atoms with Gasteiger partial charge in [-0.2, -0.15) is 0 Å². The van der Waals surface area contributed by atoms with E-state index < -0.39 is 5.97 Å². The van der Waals surface area contributed by atoms with Crippen LogP contribution in [-0.4, -0.2) is 41.0 Å². The van der Waals surface area contributed by atoms with Crippen LogP contribution in [0, 0.1) is 5.92 Å². The molecule has 5 nitrogen and oxygen atoms in total. The van der Waals surface area contributed by atoms with E-state index in [1.54, 1.807) is 12.3 Å². The van der Waals surface area contributed by atoms with Gasteiger partial charge in [-0.05, 0) is 32.1 Å². The Hall–Kier alpha value is -1.43. The highest BCUT2D eigenvalue weighted by Crippen LogP contribution is 2.36. The normalized spacial score (nSPS) is 24.7. The molecule has 2 atom stereocenters. The van der Waals surface area contributed by atoms with Crippen molar-refractivity contribution in [3.63, 3.8) is 0 Å². The average Bonchev–Trinajstić information content (AvgIpc) is 3.14. The maximum absolute atomic E-state index is 12.6. The molecule has 0 aromatic carbocycles. The van der Waals surface area contributed by atoms with Gasteiger partial charge in [-0.15, -0.1) is 11.3 Å². The van der Waals surface area contributed by atoms with Crippen LogP contribution >= 0.6 is 11.3 Å². The highest BCUT2D eigenvalue weighted by atomic mass is 32.1. The van der Waals surface area contributed by atoms with Crippen molar-refractivity contribution in [2.24, 2.45) is 5.92 Å². The van der Waals surface area contributed by atoms with E-state index in [2.05, 4.69) is 4.98 Å². The molecule has 1 aliphatic carbocycles. The van der Waals surface area contributed by atoms with Crippen LogP contribution in [0.1, 0.15) is 59.3 Å². The van der Waals surface area contributed by atoms with Gasteiger partial charge in [-0.1, -0.05) is 12.8 Å². The van der Waals surface area contributed by atoms with Crippen molar-refractivity contribution in [3.8, 4) is 0 Å².